The molecule has 22 heavy (non-hydrogen) atoms. The van der Waals surface area contributed by atoms with Crippen molar-refractivity contribution >= 4 is 59.7 Å². The van der Waals surface area contributed by atoms with Crippen LogP contribution >= 0.6 is 48.0 Å². The number of piperazine rings is 1. The smallest absolute Gasteiger partial charge is 0.224 e. The summed E-state index contributed by atoms with van der Waals surface area (Å²) in [5, 5.41) is 1.05. The first-order valence-corrected chi connectivity index (χ1v) is 7.32. The number of anilines is 1. The second-order valence-electron chi connectivity index (χ2n) is 5.01. The average molecular weight is 390 g/mol. The van der Waals surface area contributed by atoms with Crippen LogP contribution in [0, 0.1) is 0 Å². The number of carbonyl (C=O) groups excluding carboxylic acids is 1. The lowest BCUT2D eigenvalue weighted by molar-refractivity contribution is -0.131. The molecule has 9 heteroatoms. The molecule has 0 aromatic carbocycles. The first-order valence-electron chi connectivity index (χ1n) is 6.56. The van der Waals surface area contributed by atoms with E-state index in [1.54, 1.807) is 12.3 Å². The Labute approximate surface area is 152 Å². The van der Waals surface area contributed by atoms with E-state index in [0.29, 0.717) is 42.6 Å². The number of carbonyl (C=O) groups is 1. The highest BCUT2D eigenvalue weighted by Gasteiger charge is 2.23. The molecule has 0 bridgehead atoms. The number of halogens is 4. The Morgan fingerprint density at radius 2 is 1.91 bits per heavy atom. The summed E-state index contributed by atoms with van der Waals surface area (Å²) in [5.74, 6) is 0.824. The van der Waals surface area contributed by atoms with E-state index in [-0.39, 0.29) is 36.8 Å². The molecule has 0 aliphatic carbocycles. The molecular weight excluding hydrogens is 370 g/mol. The summed E-state index contributed by atoms with van der Waals surface area (Å²) in [6.45, 7) is 4.57. The minimum absolute atomic E-state index is 0. The van der Waals surface area contributed by atoms with Gasteiger partial charge in [-0.3, -0.25) is 4.79 Å². The zero-order valence-corrected chi connectivity index (χ0v) is 15.3. The van der Waals surface area contributed by atoms with Gasteiger partial charge in [-0.1, -0.05) is 23.2 Å². The molecule has 0 spiro atoms. The van der Waals surface area contributed by atoms with Crippen molar-refractivity contribution in [3.8, 4) is 0 Å². The molecule has 1 saturated heterocycles. The molecule has 5 nitrogen and oxygen atoms in total. The zero-order valence-electron chi connectivity index (χ0n) is 12.2. The highest BCUT2D eigenvalue weighted by molar-refractivity contribution is 6.36. The van der Waals surface area contributed by atoms with Crippen molar-refractivity contribution in [3.63, 3.8) is 0 Å². The summed E-state index contributed by atoms with van der Waals surface area (Å²) in [4.78, 5) is 20.1. The van der Waals surface area contributed by atoms with Crippen molar-refractivity contribution in [2.45, 2.75) is 19.4 Å². The van der Waals surface area contributed by atoms with Gasteiger partial charge in [0.2, 0.25) is 5.91 Å². The minimum atomic E-state index is -0.104. The first-order chi connectivity index (χ1) is 9.47. The lowest BCUT2D eigenvalue weighted by atomic mass is 10.2. The predicted molar refractivity (Wildman–Crippen MR) is 95.8 cm³/mol. The summed E-state index contributed by atoms with van der Waals surface area (Å²) < 4.78 is 0. The predicted octanol–water partition coefficient (Wildman–Crippen LogP) is 2.62. The molecule has 1 aliphatic heterocycles. The van der Waals surface area contributed by atoms with Crippen molar-refractivity contribution in [3.05, 3.63) is 22.3 Å². The van der Waals surface area contributed by atoms with Crippen molar-refractivity contribution in [2.75, 3.05) is 31.1 Å². The van der Waals surface area contributed by atoms with Gasteiger partial charge >= 0.3 is 0 Å². The third-order valence-electron chi connectivity index (χ3n) is 3.22. The van der Waals surface area contributed by atoms with Gasteiger partial charge in [0, 0.05) is 44.8 Å². The van der Waals surface area contributed by atoms with Crippen LogP contribution in [-0.4, -0.2) is 48.0 Å². The normalized spacial score (nSPS) is 15.6. The van der Waals surface area contributed by atoms with Gasteiger partial charge in [0.25, 0.3) is 0 Å². The lowest BCUT2D eigenvalue weighted by Crippen LogP contribution is -2.49. The number of pyridine rings is 1. The molecule has 0 radical (unpaired) electrons. The van der Waals surface area contributed by atoms with Gasteiger partial charge in [0.1, 0.15) is 5.82 Å². The summed E-state index contributed by atoms with van der Waals surface area (Å²) in [6, 6.07) is 1.58. The van der Waals surface area contributed by atoms with Gasteiger partial charge in [0.05, 0.1) is 10.0 Å². The highest BCUT2D eigenvalue weighted by atomic mass is 35.5. The Morgan fingerprint density at radius 3 is 2.41 bits per heavy atom. The Balaban J connectivity index is 0.00000220. The molecule has 126 valence electrons. The standard InChI is InChI=1S/C13H18Cl2N4O.2ClH/c1-9(16)6-12(20)18-2-4-19(5-3-18)13-11(15)7-10(14)8-17-13;;/h7-9H,2-6,16H2,1H3;2*1H. The van der Waals surface area contributed by atoms with Crippen LogP contribution in [0.15, 0.2) is 12.3 Å². The molecule has 0 saturated carbocycles. The summed E-state index contributed by atoms with van der Waals surface area (Å²) in [7, 11) is 0. The number of aromatic nitrogens is 1. The Kier molecular flexibility index (Phi) is 9.43. The first kappa shape index (κ1) is 21.5. The maximum atomic E-state index is 11.9. The molecule has 2 rings (SSSR count). The molecule has 2 heterocycles. The van der Waals surface area contributed by atoms with Crippen molar-refractivity contribution in [2.24, 2.45) is 5.73 Å². The number of amides is 1. The van der Waals surface area contributed by atoms with Crippen molar-refractivity contribution in [1.82, 2.24) is 9.88 Å². The van der Waals surface area contributed by atoms with Gasteiger partial charge in [-0.25, -0.2) is 4.98 Å². The van der Waals surface area contributed by atoms with Crippen LogP contribution in [0.5, 0.6) is 0 Å². The van der Waals surface area contributed by atoms with Crippen LogP contribution in [0.4, 0.5) is 5.82 Å². The zero-order chi connectivity index (χ0) is 14.7. The number of hydrogen-bond donors (Lipinski definition) is 1. The molecule has 1 aromatic heterocycles. The van der Waals surface area contributed by atoms with E-state index < -0.39 is 0 Å². The Hall–Kier alpha value is -0.460. The van der Waals surface area contributed by atoms with E-state index in [2.05, 4.69) is 9.88 Å². The van der Waals surface area contributed by atoms with Crippen molar-refractivity contribution in [1.29, 1.82) is 0 Å². The molecule has 1 amide bonds. The topological polar surface area (TPSA) is 62.5 Å². The second-order valence-corrected chi connectivity index (χ2v) is 5.85. The van der Waals surface area contributed by atoms with E-state index in [1.165, 1.54) is 0 Å². The number of rotatable bonds is 3. The highest BCUT2D eigenvalue weighted by Crippen LogP contribution is 2.26. The molecular formula is C13H20Cl4N4O. The maximum Gasteiger partial charge on any atom is 0.224 e. The van der Waals surface area contributed by atoms with Crippen LogP contribution in [0.3, 0.4) is 0 Å². The lowest BCUT2D eigenvalue weighted by Gasteiger charge is -2.36. The van der Waals surface area contributed by atoms with Crippen molar-refractivity contribution < 1.29 is 4.79 Å². The third kappa shape index (κ3) is 5.63. The van der Waals surface area contributed by atoms with Crippen LogP contribution in [0.25, 0.3) is 0 Å². The van der Waals surface area contributed by atoms with Gasteiger partial charge in [0.15, 0.2) is 0 Å². The van der Waals surface area contributed by atoms with Crippen LogP contribution in [0.1, 0.15) is 13.3 Å². The van der Waals surface area contributed by atoms with E-state index >= 15 is 0 Å². The molecule has 1 atom stereocenters. The monoisotopic (exact) mass is 388 g/mol. The van der Waals surface area contributed by atoms with Crippen LogP contribution < -0.4 is 10.6 Å². The number of nitrogens with two attached hydrogens (primary N) is 1. The SMILES string of the molecule is CC(N)CC(=O)N1CCN(c2ncc(Cl)cc2Cl)CC1.Cl.Cl. The molecule has 2 N–H and O–H groups in total. The molecule has 1 aliphatic rings. The summed E-state index contributed by atoms with van der Waals surface area (Å²) in [6.07, 6.45) is 1.97. The van der Waals surface area contributed by atoms with E-state index in [9.17, 15) is 4.79 Å². The number of hydrogen-bond acceptors (Lipinski definition) is 4. The van der Waals surface area contributed by atoms with E-state index in [0.717, 1.165) is 5.82 Å². The van der Waals surface area contributed by atoms with E-state index in [1.807, 2.05) is 11.8 Å². The quantitative estimate of drug-likeness (QED) is 0.862. The molecule has 1 aromatic rings. The average Bonchev–Trinajstić information content (AvgIpc) is 2.38. The number of nitrogens with zero attached hydrogens (tertiary/aromatic N) is 3. The molecule has 1 fully saturated rings. The summed E-state index contributed by atoms with van der Waals surface area (Å²) in [5.41, 5.74) is 5.65. The fraction of sp³-hybridized carbons (Fsp3) is 0.538. The second kappa shape index (κ2) is 9.63. The van der Waals surface area contributed by atoms with Gasteiger partial charge in [-0.15, -0.1) is 24.8 Å². The van der Waals surface area contributed by atoms with Gasteiger partial charge in [-0.05, 0) is 13.0 Å². The Morgan fingerprint density at radius 1 is 1.32 bits per heavy atom. The van der Waals surface area contributed by atoms with Crippen LogP contribution in [-0.2, 0) is 4.79 Å². The largest absolute Gasteiger partial charge is 0.352 e. The minimum Gasteiger partial charge on any atom is -0.352 e. The fourth-order valence-electron chi connectivity index (χ4n) is 2.21. The Bertz CT molecular complexity index is 493. The van der Waals surface area contributed by atoms with Gasteiger partial charge in [-0.2, -0.15) is 0 Å². The molecule has 1 unspecified atom stereocenters. The third-order valence-corrected chi connectivity index (χ3v) is 3.70. The van der Waals surface area contributed by atoms with Gasteiger partial charge < -0.3 is 15.5 Å². The summed E-state index contributed by atoms with van der Waals surface area (Å²) >= 11 is 12.0. The van der Waals surface area contributed by atoms with Crippen LogP contribution in [0.2, 0.25) is 10.0 Å². The maximum absolute atomic E-state index is 11.9. The fourth-order valence-corrected chi connectivity index (χ4v) is 2.71. The van der Waals surface area contributed by atoms with E-state index in [4.69, 9.17) is 28.9 Å².